The molecule has 0 aliphatic carbocycles. The average molecular weight is 354 g/mol. The Kier molecular flexibility index (Phi) is 6.15. The largest absolute Gasteiger partial charge is 0.393 e. The fourth-order valence-electron chi connectivity index (χ4n) is 2.69. The van der Waals surface area contributed by atoms with E-state index in [1.54, 1.807) is 20.8 Å². The van der Waals surface area contributed by atoms with Crippen molar-refractivity contribution in [3.63, 3.8) is 0 Å². The van der Waals surface area contributed by atoms with E-state index in [-0.39, 0.29) is 37.2 Å². The van der Waals surface area contributed by atoms with Crippen LogP contribution < -0.4 is 11.2 Å². The van der Waals surface area contributed by atoms with Crippen molar-refractivity contribution in [3.05, 3.63) is 27.2 Å². The van der Waals surface area contributed by atoms with Crippen LogP contribution in [0.3, 0.4) is 0 Å². The molecule has 2 heterocycles. The summed E-state index contributed by atoms with van der Waals surface area (Å²) in [4.78, 5) is 29.7. The number of hydrogen-bond donors (Lipinski definition) is 3. The third-order valence-electron chi connectivity index (χ3n) is 3.99. The van der Waals surface area contributed by atoms with Crippen molar-refractivity contribution < 1.29 is 15.3 Å². The lowest BCUT2D eigenvalue weighted by atomic mass is 10.2. The molecule has 0 amide bonds. The molecule has 0 aliphatic heterocycles. The molecule has 140 valence electrons. The highest BCUT2D eigenvalue weighted by Crippen LogP contribution is 2.09. The van der Waals surface area contributed by atoms with Crippen LogP contribution in [-0.2, 0) is 19.6 Å². The number of fused-ring (bicyclic) bond motifs is 1. The Bertz CT molecular complexity index is 831. The first kappa shape index (κ1) is 19.4. The number of hydrogen-bond acceptors (Lipinski definition) is 6. The molecule has 9 heteroatoms. The quantitative estimate of drug-likeness (QED) is 0.575. The van der Waals surface area contributed by atoms with E-state index in [4.69, 9.17) is 0 Å². The molecule has 0 saturated carbocycles. The third-order valence-corrected chi connectivity index (χ3v) is 3.99. The lowest BCUT2D eigenvalue weighted by Crippen LogP contribution is -2.41. The Morgan fingerprint density at radius 3 is 2.04 bits per heavy atom. The van der Waals surface area contributed by atoms with Crippen molar-refractivity contribution in [3.8, 4) is 0 Å². The number of aromatic nitrogens is 4. The van der Waals surface area contributed by atoms with Crippen molar-refractivity contribution in [1.82, 2.24) is 18.7 Å². The maximum atomic E-state index is 12.8. The number of nitrogens with zero attached hydrogens (tertiary/aromatic N) is 4. The predicted octanol–water partition coefficient (Wildman–Crippen LogP) is -0.718. The summed E-state index contributed by atoms with van der Waals surface area (Å²) in [5, 5.41) is 28.6. The van der Waals surface area contributed by atoms with Gasteiger partial charge in [0.1, 0.15) is 0 Å². The van der Waals surface area contributed by atoms with Gasteiger partial charge in [-0.2, -0.15) is 0 Å². The van der Waals surface area contributed by atoms with Crippen molar-refractivity contribution in [2.75, 3.05) is 0 Å². The maximum Gasteiger partial charge on any atom is 0.332 e. The van der Waals surface area contributed by atoms with Crippen LogP contribution in [0.5, 0.6) is 0 Å². The van der Waals surface area contributed by atoms with Crippen LogP contribution in [0.1, 0.15) is 33.6 Å². The zero-order valence-corrected chi connectivity index (χ0v) is 14.8. The average Bonchev–Trinajstić information content (AvgIpc) is 2.89. The van der Waals surface area contributed by atoms with Crippen LogP contribution in [-0.4, -0.2) is 52.3 Å². The molecule has 2 aromatic rings. The van der Waals surface area contributed by atoms with E-state index in [1.165, 1.54) is 15.5 Å². The van der Waals surface area contributed by atoms with Gasteiger partial charge in [-0.05, 0) is 33.6 Å². The summed E-state index contributed by atoms with van der Waals surface area (Å²) in [6, 6.07) is 0. The number of aryl methyl sites for hydroxylation is 1. The van der Waals surface area contributed by atoms with Gasteiger partial charge in [0.05, 0.1) is 31.2 Å². The van der Waals surface area contributed by atoms with E-state index in [0.29, 0.717) is 6.42 Å². The van der Waals surface area contributed by atoms with Gasteiger partial charge in [-0.1, -0.05) is 0 Å². The zero-order valence-electron chi connectivity index (χ0n) is 14.8. The molecular weight excluding hydrogens is 328 g/mol. The van der Waals surface area contributed by atoms with Crippen LogP contribution in [0.25, 0.3) is 11.2 Å². The fourth-order valence-corrected chi connectivity index (χ4v) is 2.69. The molecule has 0 radical (unpaired) electrons. The normalized spacial score (nSPS) is 15.4. The molecule has 0 aliphatic rings. The van der Waals surface area contributed by atoms with E-state index in [1.807, 2.05) is 0 Å². The smallest absolute Gasteiger partial charge is 0.332 e. The van der Waals surface area contributed by atoms with Crippen molar-refractivity contribution >= 4 is 11.2 Å². The van der Waals surface area contributed by atoms with E-state index in [2.05, 4.69) is 4.98 Å². The van der Waals surface area contributed by atoms with Crippen LogP contribution in [0.4, 0.5) is 0 Å². The van der Waals surface area contributed by atoms with E-state index >= 15 is 0 Å². The van der Waals surface area contributed by atoms with Gasteiger partial charge < -0.3 is 19.9 Å². The van der Waals surface area contributed by atoms with Gasteiger partial charge in [0.15, 0.2) is 11.2 Å². The van der Waals surface area contributed by atoms with Crippen molar-refractivity contribution in [2.24, 2.45) is 0 Å². The molecule has 0 bridgehead atoms. The van der Waals surface area contributed by atoms with Crippen molar-refractivity contribution in [2.45, 2.75) is 71.6 Å². The Balaban J connectivity index is 2.65. The van der Waals surface area contributed by atoms with Gasteiger partial charge in [0.2, 0.25) is 0 Å². The van der Waals surface area contributed by atoms with E-state index < -0.39 is 29.6 Å². The zero-order chi connectivity index (χ0) is 18.7. The first-order chi connectivity index (χ1) is 11.7. The SMILES string of the molecule is CC(O)CCn1c(=O)c2c(ncn2CC(C)O)n(CCC(C)O)c1=O. The lowest BCUT2D eigenvalue weighted by Gasteiger charge is -2.14. The molecule has 0 aromatic carbocycles. The Morgan fingerprint density at radius 1 is 0.960 bits per heavy atom. The van der Waals surface area contributed by atoms with Crippen LogP contribution >= 0.6 is 0 Å². The highest BCUT2D eigenvalue weighted by atomic mass is 16.3. The summed E-state index contributed by atoms with van der Waals surface area (Å²) >= 11 is 0. The molecule has 2 aromatic heterocycles. The minimum atomic E-state index is -0.680. The summed E-state index contributed by atoms with van der Waals surface area (Å²) in [5.41, 5.74) is -0.533. The predicted molar refractivity (Wildman–Crippen MR) is 92.5 cm³/mol. The topological polar surface area (TPSA) is 123 Å². The lowest BCUT2D eigenvalue weighted by molar-refractivity contribution is 0.174. The van der Waals surface area contributed by atoms with Crippen LogP contribution in [0, 0.1) is 0 Å². The van der Waals surface area contributed by atoms with Crippen LogP contribution in [0.2, 0.25) is 0 Å². The van der Waals surface area contributed by atoms with Gasteiger partial charge in [-0.3, -0.25) is 13.9 Å². The van der Waals surface area contributed by atoms with Gasteiger partial charge in [0.25, 0.3) is 5.56 Å². The molecule has 3 N–H and O–H groups in total. The summed E-state index contributed by atoms with van der Waals surface area (Å²) in [7, 11) is 0. The standard InChI is InChI=1S/C16H26N4O5/c1-10(21)4-6-19-14-13(18(9-17-14)8-12(3)23)15(24)20(16(19)25)7-5-11(2)22/h9-12,21-23H,4-8H2,1-3H3. The molecule has 0 spiro atoms. The summed E-state index contributed by atoms with van der Waals surface area (Å²) in [5.74, 6) is 0. The highest BCUT2D eigenvalue weighted by molar-refractivity contribution is 5.70. The molecular formula is C16H26N4O5. The second-order valence-electron chi connectivity index (χ2n) is 6.58. The molecule has 25 heavy (non-hydrogen) atoms. The van der Waals surface area contributed by atoms with E-state index in [0.717, 1.165) is 4.57 Å². The second kappa shape index (κ2) is 7.94. The van der Waals surface area contributed by atoms with Gasteiger partial charge in [0, 0.05) is 13.1 Å². The third kappa shape index (κ3) is 4.36. The Hall–Kier alpha value is -1.97. The maximum absolute atomic E-state index is 12.8. The molecule has 3 atom stereocenters. The molecule has 9 nitrogen and oxygen atoms in total. The number of aliphatic hydroxyl groups is 3. The molecule has 3 unspecified atom stereocenters. The number of aliphatic hydroxyl groups excluding tert-OH is 3. The fraction of sp³-hybridized carbons (Fsp3) is 0.688. The summed E-state index contributed by atoms with van der Waals surface area (Å²) in [6.45, 7) is 5.29. The monoisotopic (exact) mass is 354 g/mol. The van der Waals surface area contributed by atoms with Gasteiger partial charge in [-0.25, -0.2) is 9.78 Å². The first-order valence-corrected chi connectivity index (χ1v) is 8.45. The molecule has 2 rings (SSSR count). The number of rotatable bonds is 8. The van der Waals surface area contributed by atoms with Gasteiger partial charge in [-0.15, -0.1) is 0 Å². The number of imidazole rings is 1. The molecule has 0 saturated heterocycles. The second-order valence-corrected chi connectivity index (χ2v) is 6.58. The highest BCUT2D eigenvalue weighted by Gasteiger charge is 2.19. The molecule has 0 fully saturated rings. The Morgan fingerprint density at radius 2 is 1.52 bits per heavy atom. The van der Waals surface area contributed by atoms with Crippen molar-refractivity contribution in [1.29, 1.82) is 0 Å². The minimum Gasteiger partial charge on any atom is -0.393 e. The van der Waals surface area contributed by atoms with E-state index in [9.17, 15) is 24.9 Å². The van der Waals surface area contributed by atoms with Gasteiger partial charge >= 0.3 is 5.69 Å². The summed E-state index contributed by atoms with van der Waals surface area (Å²) < 4.78 is 3.97. The minimum absolute atomic E-state index is 0.0831. The first-order valence-electron chi connectivity index (χ1n) is 8.45. The summed E-state index contributed by atoms with van der Waals surface area (Å²) in [6.07, 6.45) is 0.111. The van der Waals surface area contributed by atoms with Crippen LogP contribution in [0.15, 0.2) is 15.9 Å². The Labute approximate surface area is 144 Å².